The first kappa shape index (κ1) is 13.1. The Morgan fingerprint density at radius 3 is 2.95 bits per heavy atom. The molecular formula is C16H17FN2O. The standard InChI is InChI=1S/C16H17FN2O/c1-10-5-6-13(17)8-15(10)20-16-12(9-18)7-11-3-2-4-14(11)19-16/h5-8H,2-4,9,18H2,1H3. The van der Waals surface area contributed by atoms with Crippen LogP contribution in [0.1, 0.15) is 28.8 Å². The van der Waals surface area contributed by atoms with Crippen molar-refractivity contribution in [3.05, 3.63) is 52.5 Å². The Labute approximate surface area is 117 Å². The molecule has 0 unspecified atom stereocenters. The van der Waals surface area contributed by atoms with E-state index < -0.39 is 0 Å². The SMILES string of the molecule is Cc1ccc(F)cc1Oc1nc2c(cc1CN)CCC2. The van der Waals surface area contributed by atoms with Crippen molar-refractivity contribution in [2.24, 2.45) is 5.73 Å². The summed E-state index contributed by atoms with van der Waals surface area (Å²) in [7, 11) is 0. The molecule has 20 heavy (non-hydrogen) atoms. The van der Waals surface area contributed by atoms with Gasteiger partial charge in [-0.25, -0.2) is 9.37 Å². The smallest absolute Gasteiger partial charge is 0.223 e. The van der Waals surface area contributed by atoms with Gasteiger partial charge in [0.15, 0.2) is 0 Å². The van der Waals surface area contributed by atoms with E-state index in [-0.39, 0.29) is 5.82 Å². The van der Waals surface area contributed by atoms with Gasteiger partial charge in [0.05, 0.1) is 0 Å². The van der Waals surface area contributed by atoms with Crippen LogP contribution in [0.3, 0.4) is 0 Å². The van der Waals surface area contributed by atoms with Crippen molar-refractivity contribution >= 4 is 0 Å². The average Bonchev–Trinajstić information content (AvgIpc) is 2.89. The van der Waals surface area contributed by atoms with Gasteiger partial charge in [0.2, 0.25) is 5.88 Å². The van der Waals surface area contributed by atoms with Gasteiger partial charge < -0.3 is 10.5 Å². The maximum Gasteiger partial charge on any atom is 0.223 e. The van der Waals surface area contributed by atoms with Crippen LogP contribution < -0.4 is 10.5 Å². The van der Waals surface area contributed by atoms with E-state index in [0.717, 1.165) is 36.1 Å². The van der Waals surface area contributed by atoms with Crippen LogP contribution in [0, 0.1) is 12.7 Å². The molecule has 2 aromatic rings. The summed E-state index contributed by atoms with van der Waals surface area (Å²) in [5.74, 6) is 0.674. The van der Waals surface area contributed by atoms with E-state index in [9.17, 15) is 4.39 Å². The summed E-state index contributed by atoms with van der Waals surface area (Å²) in [6, 6.07) is 6.56. The summed E-state index contributed by atoms with van der Waals surface area (Å²) in [5.41, 5.74) is 9.85. The zero-order valence-electron chi connectivity index (χ0n) is 11.4. The maximum absolute atomic E-state index is 13.3. The van der Waals surface area contributed by atoms with Crippen LogP contribution in [0.4, 0.5) is 4.39 Å². The van der Waals surface area contributed by atoms with Gasteiger partial charge in [-0.05, 0) is 49.4 Å². The summed E-state index contributed by atoms with van der Waals surface area (Å²) in [4.78, 5) is 4.57. The zero-order chi connectivity index (χ0) is 14.1. The third kappa shape index (κ3) is 2.39. The Hall–Kier alpha value is -1.94. The number of halogens is 1. The van der Waals surface area contributed by atoms with Crippen molar-refractivity contribution in [3.8, 4) is 11.6 Å². The monoisotopic (exact) mass is 272 g/mol. The highest BCUT2D eigenvalue weighted by molar-refractivity contribution is 5.41. The molecule has 0 saturated carbocycles. The van der Waals surface area contributed by atoms with Gasteiger partial charge in [0.1, 0.15) is 11.6 Å². The van der Waals surface area contributed by atoms with E-state index in [1.165, 1.54) is 17.7 Å². The normalized spacial score (nSPS) is 13.3. The second-order valence-corrected chi connectivity index (χ2v) is 5.13. The fourth-order valence-electron chi connectivity index (χ4n) is 2.52. The van der Waals surface area contributed by atoms with E-state index in [0.29, 0.717) is 18.2 Å². The highest BCUT2D eigenvalue weighted by Gasteiger charge is 2.17. The Kier molecular flexibility index (Phi) is 3.40. The first-order valence-electron chi connectivity index (χ1n) is 6.83. The number of pyridine rings is 1. The Balaban J connectivity index is 1.99. The predicted octanol–water partition coefficient (Wildman–Crippen LogP) is 3.27. The molecule has 0 aliphatic heterocycles. The molecular weight excluding hydrogens is 255 g/mol. The highest BCUT2D eigenvalue weighted by Crippen LogP contribution is 2.31. The van der Waals surface area contributed by atoms with Crippen LogP contribution in [0.2, 0.25) is 0 Å². The summed E-state index contributed by atoms with van der Waals surface area (Å²) in [6.07, 6.45) is 3.14. The molecule has 3 nitrogen and oxygen atoms in total. The maximum atomic E-state index is 13.3. The number of aromatic nitrogens is 1. The van der Waals surface area contributed by atoms with Crippen LogP contribution in [0.15, 0.2) is 24.3 Å². The van der Waals surface area contributed by atoms with Crippen molar-refractivity contribution in [1.82, 2.24) is 4.98 Å². The van der Waals surface area contributed by atoms with E-state index >= 15 is 0 Å². The van der Waals surface area contributed by atoms with Gasteiger partial charge in [-0.1, -0.05) is 6.07 Å². The Morgan fingerprint density at radius 2 is 2.15 bits per heavy atom. The number of hydrogen-bond acceptors (Lipinski definition) is 3. The lowest BCUT2D eigenvalue weighted by Gasteiger charge is -2.13. The van der Waals surface area contributed by atoms with Gasteiger partial charge in [0.25, 0.3) is 0 Å². The minimum atomic E-state index is -0.318. The van der Waals surface area contributed by atoms with Crippen LogP contribution in [-0.4, -0.2) is 4.98 Å². The summed E-state index contributed by atoms with van der Waals surface area (Å²) in [5, 5.41) is 0. The lowest BCUT2D eigenvalue weighted by molar-refractivity contribution is 0.446. The minimum Gasteiger partial charge on any atom is -0.438 e. The molecule has 104 valence electrons. The van der Waals surface area contributed by atoms with Gasteiger partial charge in [0, 0.05) is 23.9 Å². The van der Waals surface area contributed by atoms with Crippen LogP contribution in [0.25, 0.3) is 0 Å². The van der Waals surface area contributed by atoms with Crippen LogP contribution in [0.5, 0.6) is 11.6 Å². The quantitative estimate of drug-likeness (QED) is 0.932. The van der Waals surface area contributed by atoms with Crippen molar-refractivity contribution < 1.29 is 9.13 Å². The van der Waals surface area contributed by atoms with Gasteiger partial charge in [-0.2, -0.15) is 0 Å². The molecule has 0 fully saturated rings. The fourth-order valence-corrected chi connectivity index (χ4v) is 2.52. The van der Waals surface area contributed by atoms with Crippen molar-refractivity contribution in [2.45, 2.75) is 32.7 Å². The molecule has 1 aromatic carbocycles. The number of benzene rings is 1. The largest absolute Gasteiger partial charge is 0.438 e. The number of nitrogens with two attached hydrogens (primary N) is 1. The molecule has 0 amide bonds. The Bertz CT molecular complexity index is 655. The van der Waals surface area contributed by atoms with Crippen molar-refractivity contribution in [1.29, 1.82) is 0 Å². The first-order chi connectivity index (χ1) is 9.67. The predicted molar refractivity (Wildman–Crippen MR) is 75.4 cm³/mol. The lowest BCUT2D eigenvalue weighted by Crippen LogP contribution is -2.04. The summed E-state index contributed by atoms with van der Waals surface area (Å²) >= 11 is 0. The molecule has 4 heteroatoms. The molecule has 0 radical (unpaired) electrons. The number of ether oxygens (including phenoxy) is 1. The van der Waals surface area contributed by atoms with Gasteiger partial charge in [-0.15, -0.1) is 0 Å². The molecule has 0 atom stereocenters. The number of fused-ring (bicyclic) bond motifs is 1. The topological polar surface area (TPSA) is 48.1 Å². The number of nitrogens with zero attached hydrogens (tertiary/aromatic N) is 1. The van der Waals surface area contributed by atoms with E-state index in [2.05, 4.69) is 11.1 Å². The van der Waals surface area contributed by atoms with Crippen molar-refractivity contribution in [3.63, 3.8) is 0 Å². The third-order valence-electron chi connectivity index (χ3n) is 3.67. The zero-order valence-corrected chi connectivity index (χ0v) is 11.4. The molecule has 1 heterocycles. The van der Waals surface area contributed by atoms with Gasteiger partial charge >= 0.3 is 0 Å². The third-order valence-corrected chi connectivity index (χ3v) is 3.67. The number of hydrogen-bond donors (Lipinski definition) is 1. The molecule has 0 saturated heterocycles. The molecule has 1 aromatic heterocycles. The van der Waals surface area contributed by atoms with E-state index in [1.807, 2.05) is 6.92 Å². The summed E-state index contributed by atoms with van der Waals surface area (Å²) < 4.78 is 19.1. The average molecular weight is 272 g/mol. The summed E-state index contributed by atoms with van der Waals surface area (Å²) in [6.45, 7) is 2.24. The van der Waals surface area contributed by atoms with Crippen LogP contribution >= 0.6 is 0 Å². The van der Waals surface area contributed by atoms with Crippen molar-refractivity contribution in [2.75, 3.05) is 0 Å². The minimum absolute atomic E-state index is 0.318. The molecule has 1 aliphatic rings. The number of rotatable bonds is 3. The molecule has 0 bridgehead atoms. The van der Waals surface area contributed by atoms with Crippen LogP contribution in [-0.2, 0) is 19.4 Å². The molecule has 1 aliphatic carbocycles. The first-order valence-corrected chi connectivity index (χ1v) is 6.83. The fraction of sp³-hybridized carbons (Fsp3) is 0.312. The molecule has 2 N–H and O–H groups in total. The highest BCUT2D eigenvalue weighted by atomic mass is 19.1. The second kappa shape index (κ2) is 5.21. The number of aryl methyl sites for hydroxylation is 3. The van der Waals surface area contributed by atoms with E-state index in [4.69, 9.17) is 10.5 Å². The van der Waals surface area contributed by atoms with E-state index in [1.54, 1.807) is 6.07 Å². The van der Waals surface area contributed by atoms with Gasteiger partial charge in [-0.3, -0.25) is 0 Å². The Morgan fingerprint density at radius 1 is 1.30 bits per heavy atom. The molecule has 0 spiro atoms. The second-order valence-electron chi connectivity index (χ2n) is 5.13. The lowest BCUT2D eigenvalue weighted by atomic mass is 10.1. The molecule has 3 rings (SSSR count).